The lowest BCUT2D eigenvalue weighted by molar-refractivity contribution is 0.263. The van der Waals surface area contributed by atoms with Crippen LogP contribution >= 0.6 is 0 Å². The van der Waals surface area contributed by atoms with E-state index < -0.39 is 5.56 Å². The highest BCUT2D eigenvalue weighted by Crippen LogP contribution is 2.26. The third-order valence-electron chi connectivity index (χ3n) is 4.49. The number of aliphatic hydroxyl groups is 1. The van der Waals surface area contributed by atoms with E-state index >= 15 is 0 Å². The molecule has 0 amide bonds. The third kappa shape index (κ3) is 3.01. The van der Waals surface area contributed by atoms with Crippen molar-refractivity contribution in [3.05, 3.63) is 69.5 Å². The number of aliphatic hydroxyl groups excluding tert-OH is 1. The topological polar surface area (TPSA) is 98.3 Å². The molecule has 0 radical (unpaired) electrons. The molecule has 0 saturated carbocycles. The van der Waals surface area contributed by atoms with Crippen LogP contribution in [0.5, 0.6) is 5.88 Å². The Balaban J connectivity index is 2.03. The van der Waals surface area contributed by atoms with Crippen molar-refractivity contribution < 1.29 is 10.2 Å². The molecule has 0 unspecified atom stereocenters. The van der Waals surface area contributed by atoms with Gasteiger partial charge in [0, 0.05) is 23.2 Å². The van der Waals surface area contributed by atoms with Gasteiger partial charge in [0.1, 0.15) is 11.6 Å². The molecular weight excluding hydrogens is 330 g/mol. The molecule has 132 valence electrons. The van der Waals surface area contributed by atoms with Gasteiger partial charge in [-0.2, -0.15) is 5.26 Å². The van der Waals surface area contributed by atoms with Gasteiger partial charge in [-0.15, -0.1) is 0 Å². The molecule has 0 aliphatic rings. The summed E-state index contributed by atoms with van der Waals surface area (Å²) in [7, 11) is 0. The number of rotatable bonds is 5. The van der Waals surface area contributed by atoms with Crippen LogP contribution in [0.1, 0.15) is 16.7 Å². The Morgan fingerprint density at radius 2 is 1.92 bits per heavy atom. The van der Waals surface area contributed by atoms with Crippen LogP contribution in [0, 0.1) is 18.3 Å². The summed E-state index contributed by atoms with van der Waals surface area (Å²) in [6.07, 6.45) is 0. The Hall–Kier alpha value is -3.30. The second-order valence-electron chi connectivity index (χ2n) is 5.97. The lowest BCUT2D eigenvalue weighted by Gasteiger charge is -2.17. The van der Waals surface area contributed by atoms with Gasteiger partial charge < -0.3 is 15.5 Å². The van der Waals surface area contributed by atoms with Crippen LogP contribution in [-0.2, 0) is 13.1 Å². The van der Waals surface area contributed by atoms with Crippen LogP contribution in [0.4, 0.5) is 5.69 Å². The predicted molar refractivity (Wildman–Crippen MR) is 100 cm³/mol. The molecule has 0 spiro atoms. The van der Waals surface area contributed by atoms with Gasteiger partial charge in [-0.25, -0.2) is 0 Å². The molecular formula is C20H19N3O3. The van der Waals surface area contributed by atoms with Crippen molar-refractivity contribution >= 4 is 16.5 Å². The maximum absolute atomic E-state index is 12.3. The summed E-state index contributed by atoms with van der Waals surface area (Å²) in [4.78, 5) is 12.3. The number of hydrogen-bond acceptors (Lipinski definition) is 5. The lowest BCUT2D eigenvalue weighted by atomic mass is 10.0. The summed E-state index contributed by atoms with van der Waals surface area (Å²) in [5, 5.41) is 34.4. The molecule has 1 heterocycles. The summed E-state index contributed by atoms with van der Waals surface area (Å²) in [5.74, 6) is -0.228. The fourth-order valence-electron chi connectivity index (χ4n) is 3.09. The molecule has 0 aliphatic heterocycles. The maximum Gasteiger partial charge on any atom is 0.271 e. The fourth-order valence-corrected chi connectivity index (χ4v) is 3.09. The zero-order valence-electron chi connectivity index (χ0n) is 14.4. The standard InChI is InChI=1S/C20H19N3O3/c1-13-16(11-21)19(25)23(9-10-24)20(26)17(13)12-22-18-8-4-6-14-5-2-3-7-15(14)18/h2-8,22,24,26H,9-10,12H2,1H3. The molecule has 2 aromatic carbocycles. The quantitative estimate of drug-likeness (QED) is 0.657. The van der Waals surface area contributed by atoms with E-state index in [0.29, 0.717) is 11.1 Å². The minimum absolute atomic E-state index is 0.0223. The first-order valence-corrected chi connectivity index (χ1v) is 8.26. The van der Waals surface area contributed by atoms with Crippen molar-refractivity contribution in [2.45, 2.75) is 20.0 Å². The zero-order chi connectivity index (χ0) is 18.7. The number of hydrogen-bond donors (Lipinski definition) is 3. The number of benzene rings is 2. The number of pyridine rings is 1. The summed E-state index contributed by atoms with van der Waals surface area (Å²) >= 11 is 0. The van der Waals surface area contributed by atoms with Crippen LogP contribution < -0.4 is 10.9 Å². The minimum atomic E-state index is -0.592. The van der Waals surface area contributed by atoms with Gasteiger partial charge in [0.25, 0.3) is 5.56 Å². The molecule has 6 heteroatoms. The number of aromatic nitrogens is 1. The van der Waals surface area contributed by atoms with Crippen LogP contribution in [0.25, 0.3) is 10.8 Å². The summed E-state index contributed by atoms with van der Waals surface area (Å²) in [6, 6.07) is 15.7. The van der Waals surface area contributed by atoms with Crippen molar-refractivity contribution in [2.75, 3.05) is 11.9 Å². The number of fused-ring (bicyclic) bond motifs is 1. The predicted octanol–water partition coefficient (Wildman–Crippen LogP) is 2.49. The fraction of sp³-hybridized carbons (Fsp3) is 0.200. The van der Waals surface area contributed by atoms with Crippen molar-refractivity contribution in [3.63, 3.8) is 0 Å². The largest absolute Gasteiger partial charge is 0.494 e. The first-order chi connectivity index (χ1) is 12.6. The highest BCUT2D eigenvalue weighted by Gasteiger charge is 2.18. The molecule has 0 aliphatic carbocycles. The smallest absolute Gasteiger partial charge is 0.271 e. The Morgan fingerprint density at radius 1 is 1.19 bits per heavy atom. The van der Waals surface area contributed by atoms with Crippen molar-refractivity contribution in [3.8, 4) is 11.9 Å². The van der Waals surface area contributed by atoms with Gasteiger partial charge in [-0.05, 0) is 23.9 Å². The SMILES string of the molecule is Cc1c(CNc2cccc3ccccc23)c(O)n(CCO)c(=O)c1C#N. The molecule has 0 bridgehead atoms. The molecule has 3 aromatic rings. The molecule has 0 fully saturated rings. The van der Waals surface area contributed by atoms with Crippen LogP contribution in [-0.4, -0.2) is 21.4 Å². The lowest BCUT2D eigenvalue weighted by Crippen LogP contribution is -2.27. The molecule has 26 heavy (non-hydrogen) atoms. The number of nitrogens with one attached hydrogen (secondary N) is 1. The summed E-state index contributed by atoms with van der Waals surface area (Å²) in [6.45, 7) is 1.51. The number of nitrogens with zero attached hydrogens (tertiary/aromatic N) is 2. The minimum Gasteiger partial charge on any atom is -0.494 e. The highest BCUT2D eigenvalue weighted by molar-refractivity contribution is 5.93. The van der Waals surface area contributed by atoms with Crippen molar-refractivity contribution in [1.29, 1.82) is 5.26 Å². The highest BCUT2D eigenvalue weighted by atomic mass is 16.3. The Morgan fingerprint density at radius 3 is 2.65 bits per heavy atom. The van der Waals surface area contributed by atoms with E-state index in [1.807, 2.05) is 48.5 Å². The number of nitriles is 1. The second kappa shape index (κ2) is 7.30. The van der Waals surface area contributed by atoms with Crippen molar-refractivity contribution in [2.24, 2.45) is 0 Å². The van der Waals surface area contributed by atoms with E-state index in [4.69, 9.17) is 5.11 Å². The average Bonchev–Trinajstić information content (AvgIpc) is 2.65. The van der Waals surface area contributed by atoms with Crippen LogP contribution in [0.3, 0.4) is 0 Å². The third-order valence-corrected chi connectivity index (χ3v) is 4.49. The van der Waals surface area contributed by atoms with Crippen molar-refractivity contribution in [1.82, 2.24) is 4.57 Å². The maximum atomic E-state index is 12.3. The Bertz CT molecular complexity index is 1060. The van der Waals surface area contributed by atoms with Gasteiger partial charge in [0.15, 0.2) is 5.88 Å². The summed E-state index contributed by atoms with van der Waals surface area (Å²) in [5.41, 5.74) is 1.18. The Labute approximate surface area is 150 Å². The number of aromatic hydroxyl groups is 1. The number of anilines is 1. The van der Waals surface area contributed by atoms with Gasteiger partial charge in [-0.1, -0.05) is 36.4 Å². The molecule has 1 aromatic heterocycles. The van der Waals surface area contributed by atoms with E-state index in [1.54, 1.807) is 6.92 Å². The van der Waals surface area contributed by atoms with Gasteiger partial charge in [0.05, 0.1) is 13.2 Å². The van der Waals surface area contributed by atoms with E-state index in [2.05, 4.69) is 5.32 Å². The summed E-state index contributed by atoms with van der Waals surface area (Å²) < 4.78 is 1.03. The van der Waals surface area contributed by atoms with E-state index in [9.17, 15) is 15.2 Å². The van der Waals surface area contributed by atoms with E-state index in [1.165, 1.54) is 0 Å². The average molecular weight is 349 g/mol. The van der Waals surface area contributed by atoms with E-state index in [0.717, 1.165) is 21.0 Å². The van der Waals surface area contributed by atoms with Gasteiger partial charge in [0.2, 0.25) is 0 Å². The first kappa shape index (κ1) is 17.5. The molecule has 0 atom stereocenters. The van der Waals surface area contributed by atoms with Gasteiger partial charge in [-0.3, -0.25) is 9.36 Å². The normalized spacial score (nSPS) is 10.7. The second-order valence-corrected chi connectivity index (χ2v) is 5.97. The van der Waals surface area contributed by atoms with Gasteiger partial charge >= 0.3 is 0 Å². The molecule has 3 N–H and O–H groups in total. The first-order valence-electron chi connectivity index (χ1n) is 8.26. The molecule has 3 rings (SSSR count). The van der Waals surface area contributed by atoms with E-state index in [-0.39, 0.29) is 31.1 Å². The van der Waals surface area contributed by atoms with Crippen LogP contribution in [0.2, 0.25) is 0 Å². The monoisotopic (exact) mass is 349 g/mol. The Kier molecular flexibility index (Phi) is 4.92. The molecule has 6 nitrogen and oxygen atoms in total. The molecule has 0 saturated heterocycles. The van der Waals surface area contributed by atoms with Crippen LogP contribution in [0.15, 0.2) is 47.3 Å². The zero-order valence-corrected chi connectivity index (χ0v) is 14.4.